The Kier molecular flexibility index (Phi) is 5.66. The van der Waals surface area contributed by atoms with E-state index >= 15 is 0 Å². The topological polar surface area (TPSA) is 76.1 Å². The Hall–Kier alpha value is -3.41. The normalized spacial score (nSPS) is 10.3. The summed E-state index contributed by atoms with van der Waals surface area (Å²) < 4.78 is 4.99. The van der Waals surface area contributed by atoms with Crippen molar-refractivity contribution in [1.29, 1.82) is 0 Å². The van der Waals surface area contributed by atoms with E-state index in [4.69, 9.17) is 4.74 Å². The molecule has 0 saturated heterocycles. The maximum atomic E-state index is 11.7. The van der Waals surface area contributed by atoms with Gasteiger partial charge >= 0.3 is 5.97 Å². The summed E-state index contributed by atoms with van der Waals surface area (Å²) in [5, 5.41) is 6.45. The lowest BCUT2D eigenvalue weighted by Crippen LogP contribution is -2.04. The number of anilines is 4. The Balaban J connectivity index is 1.71. The van der Waals surface area contributed by atoms with Gasteiger partial charge in [0, 0.05) is 17.6 Å². The average molecular weight is 362 g/mol. The van der Waals surface area contributed by atoms with Crippen LogP contribution in [0.1, 0.15) is 28.4 Å². The maximum absolute atomic E-state index is 11.7. The molecule has 0 spiro atoms. The molecule has 0 aliphatic rings. The highest BCUT2D eigenvalue weighted by molar-refractivity contribution is 5.89. The van der Waals surface area contributed by atoms with Gasteiger partial charge in [0.1, 0.15) is 5.82 Å². The van der Waals surface area contributed by atoms with Crippen LogP contribution in [0.25, 0.3) is 0 Å². The molecule has 1 aromatic heterocycles. The van der Waals surface area contributed by atoms with Crippen LogP contribution >= 0.6 is 0 Å². The van der Waals surface area contributed by atoms with Crippen molar-refractivity contribution in [3.05, 3.63) is 71.4 Å². The summed E-state index contributed by atoms with van der Waals surface area (Å²) in [6.45, 7) is 6.25. The first kappa shape index (κ1) is 18.4. The molecule has 0 fully saturated rings. The molecule has 0 unspecified atom stereocenters. The van der Waals surface area contributed by atoms with Crippen LogP contribution in [0, 0.1) is 13.8 Å². The molecular weight excluding hydrogens is 340 g/mol. The third-order valence-corrected chi connectivity index (χ3v) is 3.95. The van der Waals surface area contributed by atoms with E-state index in [2.05, 4.69) is 33.6 Å². The van der Waals surface area contributed by atoms with Gasteiger partial charge in [0.2, 0.25) is 5.95 Å². The summed E-state index contributed by atoms with van der Waals surface area (Å²) in [5.41, 5.74) is 4.64. The van der Waals surface area contributed by atoms with E-state index in [0.717, 1.165) is 16.9 Å². The maximum Gasteiger partial charge on any atom is 0.338 e. The first-order chi connectivity index (χ1) is 13.0. The van der Waals surface area contributed by atoms with Crippen LogP contribution in [0.15, 0.2) is 54.7 Å². The molecule has 6 heteroatoms. The quantitative estimate of drug-likeness (QED) is 0.616. The summed E-state index contributed by atoms with van der Waals surface area (Å²) in [5.74, 6) is 0.835. The molecular formula is C21H22N4O2. The fraction of sp³-hybridized carbons (Fsp3) is 0.190. The van der Waals surface area contributed by atoms with E-state index in [0.29, 0.717) is 23.9 Å². The molecule has 27 heavy (non-hydrogen) atoms. The van der Waals surface area contributed by atoms with Gasteiger partial charge in [-0.3, -0.25) is 0 Å². The lowest BCUT2D eigenvalue weighted by Gasteiger charge is -2.11. The second-order valence-electron chi connectivity index (χ2n) is 6.13. The standard InChI is InChI=1S/C21H22N4O2/c1-4-27-20(26)16-6-8-17(9-7-16)23-19-11-12-22-21(25-19)24-18-10-5-14(2)13-15(18)3/h5-13H,4H2,1-3H3,(H2,22,23,24,25). The van der Waals surface area contributed by atoms with E-state index in [9.17, 15) is 4.79 Å². The molecule has 1 heterocycles. The highest BCUT2D eigenvalue weighted by Gasteiger charge is 2.07. The first-order valence-electron chi connectivity index (χ1n) is 8.76. The first-order valence-corrected chi connectivity index (χ1v) is 8.76. The van der Waals surface area contributed by atoms with Gasteiger partial charge in [-0.15, -0.1) is 0 Å². The predicted molar refractivity (Wildman–Crippen MR) is 107 cm³/mol. The van der Waals surface area contributed by atoms with E-state index in [-0.39, 0.29) is 5.97 Å². The molecule has 0 atom stereocenters. The summed E-state index contributed by atoms with van der Waals surface area (Å²) in [6.07, 6.45) is 1.69. The Labute approximate surface area is 158 Å². The molecule has 0 aliphatic carbocycles. The largest absolute Gasteiger partial charge is 0.462 e. The molecule has 3 aromatic rings. The van der Waals surface area contributed by atoms with Gasteiger partial charge < -0.3 is 15.4 Å². The highest BCUT2D eigenvalue weighted by Crippen LogP contribution is 2.21. The highest BCUT2D eigenvalue weighted by atomic mass is 16.5. The molecule has 2 aromatic carbocycles. The van der Waals surface area contributed by atoms with Crippen molar-refractivity contribution in [2.45, 2.75) is 20.8 Å². The third kappa shape index (κ3) is 4.82. The zero-order valence-corrected chi connectivity index (χ0v) is 15.6. The summed E-state index contributed by atoms with van der Waals surface area (Å²) in [4.78, 5) is 20.5. The smallest absolute Gasteiger partial charge is 0.338 e. The van der Waals surface area contributed by atoms with Crippen LogP contribution in [-0.2, 0) is 4.74 Å². The number of aryl methyl sites for hydroxylation is 2. The number of nitrogens with one attached hydrogen (secondary N) is 2. The van der Waals surface area contributed by atoms with Gasteiger partial charge in [-0.2, -0.15) is 4.98 Å². The van der Waals surface area contributed by atoms with Crippen LogP contribution in [0.2, 0.25) is 0 Å². The Morgan fingerprint density at radius 1 is 1.04 bits per heavy atom. The van der Waals surface area contributed by atoms with Crippen molar-refractivity contribution in [3.63, 3.8) is 0 Å². The number of aromatic nitrogens is 2. The fourth-order valence-corrected chi connectivity index (χ4v) is 2.61. The van der Waals surface area contributed by atoms with Crippen LogP contribution in [0.4, 0.5) is 23.1 Å². The molecule has 0 radical (unpaired) electrons. The molecule has 138 valence electrons. The SMILES string of the molecule is CCOC(=O)c1ccc(Nc2ccnc(Nc3ccc(C)cc3C)n2)cc1. The number of carbonyl (C=O) groups excluding carboxylic acids is 1. The van der Waals surface area contributed by atoms with Crippen molar-refractivity contribution < 1.29 is 9.53 Å². The summed E-state index contributed by atoms with van der Waals surface area (Å²) in [6, 6.07) is 15.0. The van der Waals surface area contributed by atoms with E-state index in [1.165, 1.54) is 5.56 Å². The molecule has 0 saturated carbocycles. The number of ether oxygens (including phenoxy) is 1. The molecule has 2 N–H and O–H groups in total. The lowest BCUT2D eigenvalue weighted by atomic mass is 10.1. The van der Waals surface area contributed by atoms with Crippen molar-refractivity contribution in [3.8, 4) is 0 Å². The zero-order valence-electron chi connectivity index (χ0n) is 15.6. The number of hydrogen-bond acceptors (Lipinski definition) is 6. The zero-order chi connectivity index (χ0) is 19.2. The van der Waals surface area contributed by atoms with Crippen molar-refractivity contribution in [1.82, 2.24) is 9.97 Å². The van der Waals surface area contributed by atoms with E-state index in [1.54, 1.807) is 31.3 Å². The van der Waals surface area contributed by atoms with Crippen molar-refractivity contribution in [2.75, 3.05) is 17.2 Å². The second kappa shape index (κ2) is 8.31. The molecule has 0 bridgehead atoms. The minimum absolute atomic E-state index is 0.328. The molecule has 0 aliphatic heterocycles. The number of benzene rings is 2. The van der Waals surface area contributed by atoms with E-state index in [1.807, 2.05) is 31.2 Å². The number of esters is 1. The van der Waals surface area contributed by atoms with Crippen LogP contribution in [0.5, 0.6) is 0 Å². The van der Waals surface area contributed by atoms with Crippen molar-refractivity contribution in [2.24, 2.45) is 0 Å². The number of carbonyl (C=O) groups is 1. The fourth-order valence-electron chi connectivity index (χ4n) is 2.61. The van der Waals surface area contributed by atoms with Gasteiger partial charge in [-0.1, -0.05) is 17.7 Å². The number of nitrogens with zero attached hydrogens (tertiary/aromatic N) is 2. The van der Waals surface area contributed by atoms with Gasteiger partial charge in [-0.05, 0) is 62.7 Å². The van der Waals surface area contributed by atoms with Crippen LogP contribution in [0.3, 0.4) is 0 Å². The van der Waals surface area contributed by atoms with E-state index < -0.39 is 0 Å². The molecule has 3 rings (SSSR count). The van der Waals surface area contributed by atoms with Gasteiger partial charge in [-0.25, -0.2) is 9.78 Å². The molecule has 6 nitrogen and oxygen atoms in total. The third-order valence-electron chi connectivity index (χ3n) is 3.95. The number of hydrogen-bond donors (Lipinski definition) is 2. The average Bonchev–Trinajstić information content (AvgIpc) is 2.65. The Morgan fingerprint density at radius 3 is 2.52 bits per heavy atom. The summed E-state index contributed by atoms with van der Waals surface area (Å²) in [7, 11) is 0. The molecule has 0 amide bonds. The second-order valence-corrected chi connectivity index (χ2v) is 6.13. The lowest BCUT2D eigenvalue weighted by molar-refractivity contribution is 0.0526. The van der Waals surface area contributed by atoms with Crippen LogP contribution in [-0.4, -0.2) is 22.5 Å². The Morgan fingerprint density at radius 2 is 1.81 bits per heavy atom. The minimum Gasteiger partial charge on any atom is -0.462 e. The minimum atomic E-state index is -0.328. The van der Waals surface area contributed by atoms with Gasteiger partial charge in [0.15, 0.2) is 0 Å². The summed E-state index contributed by atoms with van der Waals surface area (Å²) >= 11 is 0. The number of rotatable bonds is 6. The van der Waals surface area contributed by atoms with Crippen molar-refractivity contribution >= 4 is 29.1 Å². The van der Waals surface area contributed by atoms with Crippen LogP contribution < -0.4 is 10.6 Å². The Bertz CT molecular complexity index is 939. The van der Waals surface area contributed by atoms with Gasteiger partial charge in [0.05, 0.1) is 12.2 Å². The van der Waals surface area contributed by atoms with Gasteiger partial charge in [0.25, 0.3) is 0 Å². The predicted octanol–water partition coefficient (Wildman–Crippen LogP) is 4.76. The monoisotopic (exact) mass is 362 g/mol.